The van der Waals surface area contributed by atoms with Crippen molar-refractivity contribution in [3.05, 3.63) is 50.8 Å². The molecule has 0 atom stereocenters. The Morgan fingerprint density at radius 1 is 1.28 bits per heavy atom. The molecule has 2 heterocycles. The van der Waals surface area contributed by atoms with Gasteiger partial charge in [0.2, 0.25) is 5.91 Å². The average molecular weight is 474 g/mol. The minimum Gasteiger partial charge on any atom is -0.493 e. The summed E-state index contributed by atoms with van der Waals surface area (Å²) in [5, 5.41) is 5.07. The van der Waals surface area contributed by atoms with Crippen molar-refractivity contribution in [3.8, 4) is 11.5 Å². The lowest BCUT2D eigenvalue weighted by Crippen LogP contribution is -2.36. The molecule has 1 fully saturated rings. The topological polar surface area (TPSA) is 97.8 Å². The van der Waals surface area contributed by atoms with E-state index in [0.717, 1.165) is 21.7 Å². The largest absolute Gasteiger partial charge is 0.493 e. The smallest absolute Gasteiger partial charge is 0.293 e. The van der Waals surface area contributed by atoms with Crippen molar-refractivity contribution in [3.63, 3.8) is 0 Å². The Bertz CT molecular complexity index is 1080. The predicted molar refractivity (Wildman–Crippen MR) is 126 cm³/mol. The molecule has 1 aliphatic heterocycles. The highest BCUT2D eigenvalue weighted by molar-refractivity contribution is 8.18. The van der Waals surface area contributed by atoms with Gasteiger partial charge in [-0.05, 0) is 55.5 Å². The number of hydrogen-bond acceptors (Lipinski definition) is 8. The van der Waals surface area contributed by atoms with Crippen LogP contribution in [0.2, 0.25) is 0 Å². The number of thioether (sulfide) groups is 1. The number of rotatable bonds is 9. The van der Waals surface area contributed by atoms with Crippen molar-refractivity contribution in [1.29, 1.82) is 0 Å². The van der Waals surface area contributed by atoms with Crippen LogP contribution in [0.3, 0.4) is 0 Å². The van der Waals surface area contributed by atoms with Gasteiger partial charge in [0.15, 0.2) is 11.5 Å². The Hall–Kier alpha value is -3.11. The Balaban J connectivity index is 1.57. The van der Waals surface area contributed by atoms with Crippen molar-refractivity contribution in [2.24, 2.45) is 0 Å². The first-order valence-corrected chi connectivity index (χ1v) is 11.5. The molecule has 168 valence electrons. The first-order chi connectivity index (χ1) is 15.4. The second kappa shape index (κ2) is 11.0. The zero-order chi connectivity index (χ0) is 23.1. The summed E-state index contributed by atoms with van der Waals surface area (Å²) in [5.41, 5.74) is 1.43. The number of thiazole rings is 1. The number of hydrogen-bond donors (Lipinski definition) is 1. The van der Waals surface area contributed by atoms with Crippen LogP contribution in [0.1, 0.15) is 23.2 Å². The summed E-state index contributed by atoms with van der Waals surface area (Å²) in [7, 11) is 1.54. The highest BCUT2D eigenvalue weighted by Crippen LogP contribution is 2.34. The molecular weight excluding hydrogens is 450 g/mol. The molecule has 10 heteroatoms. The molecule has 1 aliphatic rings. The Kier molecular flexibility index (Phi) is 8.07. The van der Waals surface area contributed by atoms with Gasteiger partial charge in [-0.1, -0.05) is 6.07 Å². The summed E-state index contributed by atoms with van der Waals surface area (Å²) in [4.78, 5) is 42.6. The number of aryl methyl sites for hydroxylation is 1. The number of aromatic nitrogens is 1. The van der Waals surface area contributed by atoms with E-state index in [0.29, 0.717) is 34.3 Å². The van der Waals surface area contributed by atoms with Crippen LogP contribution in [0.25, 0.3) is 12.2 Å². The lowest BCUT2D eigenvalue weighted by molar-refractivity contribution is -0.123. The number of methoxy groups -OCH3 is 1. The first-order valence-electron chi connectivity index (χ1n) is 9.85. The standard InChI is InChI=1S/C22H23N3O5S2/c1-4-30-17-7-5-15(11-18(17)29-3)12-19-21(27)25(22(28)32-19)10-9-23-20(26)8-6-16-13-31-14(2)24-16/h5-8,11-13H,4,9-10H2,1-3H3,(H,23,26). The third kappa shape index (κ3) is 5.98. The molecular formula is C22H23N3O5S2. The third-order valence-corrected chi connectivity index (χ3v) is 6.03. The van der Waals surface area contributed by atoms with Crippen molar-refractivity contribution in [1.82, 2.24) is 15.2 Å². The van der Waals surface area contributed by atoms with E-state index in [1.807, 2.05) is 19.2 Å². The van der Waals surface area contributed by atoms with E-state index >= 15 is 0 Å². The van der Waals surface area contributed by atoms with Crippen LogP contribution >= 0.6 is 23.1 Å². The summed E-state index contributed by atoms with van der Waals surface area (Å²) in [6.45, 7) is 4.51. The molecule has 0 saturated carbocycles. The monoisotopic (exact) mass is 473 g/mol. The van der Waals surface area contributed by atoms with E-state index < -0.39 is 5.91 Å². The fraction of sp³-hybridized carbons (Fsp3) is 0.273. The Morgan fingerprint density at radius 3 is 2.78 bits per heavy atom. The molecule has 1 aromatic heterocycles. The van der Waals surface area contributed by atoms with Crippen molar-refractivity contribution >= 4 is 52.3 Å². The van der Waals surface area contributed by atoms with Gasteiger partial charge in [-0.3, -0.25) is 19.3 Å². The van der Waals surface area contributed by atoms with Crippen molar-refractivity contribution < 1.29 is 23.9 Å². The summed E-state index contributed by atoms with van der Waals surface area (Å²) in [6, 6.07) is 5.29. The van der Waals surface area contributed by atoms with Crippen LogP contribution in [0.4, 0.5) is 4.79 Å². The lowest BCUT2D eigenvalue weighted by atomic mass is 10.2. The summed E-state index contributed by atoms with van der Waals surface area (Å²) < 4.78 is 10.8. The molecule has 3 amide bonds. The zero-order valence-corrected chi connectivity index (χ0v) is 19.5. The number of nitrogens with zero attached hydrogens (tertiary/aromatic N) is 2. The molecule has 0 radical (unpaired) electrons. The number of carbonyl (C=O) groups is 3. The van der Waals surface area contributed by atoms with Crippen molar-refractivity contribution in [2.45, 2.75) is 13.8 Å². The Labute approximate surface area is 194 Å². The summed E-state index contributed by atoms with van der Waals surface area (Å²) in [5.74, 6) is 0.439. The van der Waals surface area contributed by atoms with E-state index in [1.54, 1.807) is 30.4 Å². The molecule has 1 N–H and O–H groups in total. The van der Waals surface area contributed by atoms with Gasteiger partial charge in [-0.25, -0.2) is 4.98 Å². The zero-order valence-electron chi connectivity index (χ0n) is 17.9. The number of amides is 3. The number of imide groups is 1. The van der Waals surface area contributed by atoms with Gasteiger partial charge in [-0.2, -0.15) is 0 Å². The fourth-order valence-corrected chi connectivity index (χ4v) is 4.31. The van der Waals surface area contributed by atoms with E-state index in [9.17, 15) is 14.4 Å². The van der Waals surface area contributed by atoms with Gasteiger partial charge >= 0.3 is 0 Å². The normalized spacial score (nSPS) is 15.1. The van der Waals surface area contributed by atoms with Crippen LogP contribution in [-0.2, 0) is 9.59 Å². The highest BCUT2D eigenvalue weighted by Gasteiger charge is 2.34. The highest BCUT2D eigenvalue weighted by atomic mass is 32.2. The summed E-state index contributed by atoms with van der Waals surface area (Å²) >= 11 is 2.37. The molecule has 0 bridgehead atoms. The number of ether oxygens (including phenoxy) is 2. The fourth-order valence-electron chi connectivity index (χ4n) is 2.86. The molecule has 2 aromatic rings. The van der Waals surface area contributed by atoms with Gasteiger partial charge in [0.05, 0.1) is 29.3 Å². The quantitative estimate of drug-likeness (QED) is 0.554. The predicted octanol–water partition coefficient (Wildman–Crippen LogP) is 3.72. The number of nitrogens with one attached hydrogen (secondary N) is 1. The van der Waals surface area contributed by atoms with Crippen LogP contribution in [0.5, 0.6) is 11.5 Å². The minimum absolute atomic E-state index is 0.0873. The summed E-state index contributed by atoms with van der Waals surface area (Å²) in [6.07, 6.45) is 4.63. The van der Waals surface area contributed by atoms with Gasteiger partial charge in [0, 0.05) is 24.5 Å². The number of carbonyl (C=O) groups excluding carboxylic acids is 3. The van der Waals surface area contributed by atoms with Gasteiger partial charge in [0.1, 0.15) is 0 Å². The SMILES string of the molecule is CCOc1ccc(C=C2SC(=O)N(CCNC(=O)C=Cc3csc(C)n3)C2=O)cc1OC. The second-order valence-electron chi connectivity index (χ2n) is 6.59. The molecule has 3 rings (SSSR count). The van der Waals surface area contributed by atoms with Crippen LogP contribution in [-0.4, -0.2) is 53.7 Å². The molecule has 0 aliphatic carbocycles. The van der Waals surface area contributed by atoms with Gasteiger partial charge in [0.25, 0.3) is 11.1 Å². The number of benzene rings is 1. The maximum atomic E-state index is 12.7. The van der Waals surface area contributed by atoms with Gasteiger partial charge < -0.3 is 14.8 Å². The minimum atomic E-state index is -0.393. The van der Waals surface area contributed by atoms with E-state index in [1.165, 1.54) is 24.5 Å². The average Bonchev–Trinajstić information content (AvgIpc) is 3.31. The molecule has 1 aromatic carbocycles. The molecule has 1 saturated heterocycles. The molecule has 8 nitrogen and oxygen atoms in total. The second-order valence-corrected chi connectivity index (χ2v) is 8.65. The maximum Gasteiger partial charge on any atom is 0.293 e. The van der Waals surface area contributed by atoms with Crippen LogP contribution in [0, 0.1) is 6.92 Å². The third-order valence-electron chi connectivity index (χ3n) is 4.34. The maximum absolute atomic E-state index is 12.7. The van der Waals surface area contributed by atoms with E-state index in [2.05, 4.69) is 10.3 Å². The van der Waals surface area contributed by atoms with Crippen molar-refractivity contribution in [2.75, 3.05) is 26.8 Å². The van der Waals surface area contributed by atoms with Crippen LogP contribution < -0.4 is 14.8 Å². The lowest BCUT2D eigenvalue weighted by Gasteiger charge is -2.12. The molecule has 0 unspecified atom stereocenters. The van der Waals surface area contributed by atoms with Gasteiger partial charge in [-0.15, -0.1) is 11.3 Å². The van der Waals surface area contributed by atoms with Crippen LogP contribution in [0.15, 0.2) is 34.6 Å². The van der Waals surface area contributed by atoms with E-state index in [-0.39, 0.29) is 24.2 Å². The van der Waals surface area contributed by atoms with E-state index in [4.69, 9.17) is 9.47 Å². The first kappa shape index (κ1) is 23.6. The molecule has 0 spiro atoms. The Morgan fingerprint density at radius 2 is 2.09 bits per heavy atom. The molecule has 32 heavy (non-hydrogen) atoms.